The van der Waals surface area contributed by atoms with Gasteiger partial charge in [0, 0.05) is 23.3 Å². The van der Waals surface area contributed by atoms with Crippen LogP contribution in [0, 0.1) is 0 Å². The average Bonchev–Trinajstić information content (AvgIpc) is 2.94. The van der Waals surface area contributed by atoms with Crippen molar-refractivity contribution >= 4 is 29.1 Å². The highest BCUT2D eigenvalue weighted by molar-refractivity contribution is 6.30. The molecular weight excluding hydrogens is 340 g/mol. The highest BCUT2D eigenvalue weighted by atomic mass is 35.5. The van der Waals surface area contributed by atoms with Crippen LogP contribution in [-0.2, 0) is 13.0 Å². The summed E-state index contributed by atoms with van der Waals surface area (Å²) >= 11 is 5.96. The summed E-state index contributed by atoms with van der Waals surface area (Å²) in [6, 6.07) is 6.95. The number of rotatable bonds is 4. The quantitative estimate of drug-likeness (QED) is 0.878. The number of amides is 2. The second kappa shape index (κ2) is 7.27. The number of aromatic nitrogens is 2. The van der Waals surface area contributed by atoms with Gasteiger partial charge in [-0.1, -0.05) is 17.7 Å². The molecule has 0 spiro atoms. The Hall–Kier alpha value is -2.34. The molecule has 1 aliphatic rings. The van der Waals surface area contributed by atoms with E-state index in [1.54, 1.807) is 24.3 Å². The molecule has 2 N–H and O–H groups in total. The fraction of sp³-hybridized carbons (Fsp3) is 0.389. The summed E-state index contributed by atoms with van der Waals surface area (Å²) in [6.07, 6.45) is 2.70. The molecule has 1 aromatic carbocycles. The number of hydrogen-bond donors (Lipinski definition) is 2. The van der Waals surface area contributed by atoms with Crippen LogP contribution in [0.4, 0.5) is 5.69 Å². The van der Waals surface area contributed by atoms with Crippen molar-refractivity contribution in [1.29, 1.82) is 0 Å². The molecule has 0 bridgehead atoms. The van der Waals surface area contributed by atoms with Gasteiger partial charge in [-0.15, -0.1) is 0 Å². The van der Waals surface area contributed by atoms with E-state index >= 15 is 0 Å². The lowest BCUT2D eigenvalue weighted by Crippen LogP contribution is -2.31. The Morgan fingerprint density at radius 2 is 2.04 bits per heavy atom. The monoisotopic (exact) mass is 360 g/mol. The number of nitrogens with zero attached hydrogens (tertiary/aromatic N) is 2. The lowest BCUT2D eigenvalue weighted by molar-refractivity contribution is 0.0937. The Morgan fingerprint density at radius 3 is 2.76 bits per heavy atom. The van der Waals surface area contributed by atoms with Crippen molar-refractivity contribution in [3.05, 3.63) is 46.5 Å². The second-order valence-electron chi connectivity index (χ2n) is 6.43. The van der Waals surface area contributed by atoms with E-state index < -0.39 is 0 Å². The van der Waals surface area contributed by atoms with Gasteiger partial charge in [0.1, 0.15) is 5.69 Å². The molecule has 6 nitrogen and oxygen atoms in total. The normalized spacial score (nSPS) is 13.4. The van der Waals surface area contributed by atoms with Gasteiger partial charge in [-0.05, 0) is 51.3 Å². The first-order valence-electron chi connectivity index (χ1n) is 8.43. The molecule has 7 heteroatoms. The van der Waals surface area contributed by atoms with Crippen molar-refractivity contribution < 1.29 is 9.59 Å². The molecule has 0 radical (unpaired) electrons. The van der Waals surface area contributed by atoms with Crippen molar-refractivity contribution in [3.63, 3.8) is 0 Å². The number of nitrogens with one attached hydrogen (secondary N) is 2. The van der Waals surface area contributed by atoms with Crippen molar-refractivity contribution in [1.82, 2.24) is 14.9 Å². The van der Waals surface area contributed by atoms with E-state index in [4.69, 9.17) is 11.6 Å². The fourth-order valence-electron chi connectivity index (χ4n) is 2.98. The Balaban J connectivity index is 1.91. The van der Waals surface area contributed by atoms with Crippen molar-refractivity contribution in [2.75, 3.05) is 5.32 Å². The summed E-state index contributed by atoms with van der Waals surface area (Å²) in [7, 11) is 0. The molecule has 2 aromatic rings. The zero-order valence-corrected chi connectivity index (χ0v) is 15.1. The van der Waals surface area contributed by atoms with Crippen LogP contribution in [0.1, 0.15) is 53.5 Å². The van der Waals surface area contributed by atoms with Gasteiger partial charge in [0.15, 0.2) is 5.82 Å². The van der Waals surface area contributed by atoms with E-state index in [0.717, 1.165) is 25.0 Å². The van der Waals surface area contributed by atoms with Gasteiger partial charge < -0.3 is 15.2 Å². The standard InChI is InChI=1S/C18H21ClN4O2/c1-11(2)20-17(24)15-14-8-3-4-9-23(14)16(22-15)18(25)21-13-7-5-6-12(19)10-13/h5-7,10-11H,3-4,8-9H2,1-2H3,(H,20,24)(H,21,25). The van der Waals surface area contributed by atoms with Crippen LogP contribution in [0.5, 0.6) is 0 Å². The molecule has 0 fully saturated rings. The number of imidazole rings is 1. The van der Waals surface area contributed by atoms with Crippen LogP contribution in [0.3, 0.4) is 0 Å². The lowest BCUT2D eigenvalue weighted by Gasteiger charge is -2.17. The average molecular weight is 361 g/mol. The van der Waals surface area contributed by atoms with E-state index in [1.807, 2.05) is 18.4 Å². The third-order valence-electron chi connectivity index (χ3n) is 4.04. The zero-order chi connectivity index (χ0) is 18.0. The minimum absolute atomic E-state index is 0.0113. The highest BCUT2D eigenvalue weighted by Crippen LogP contribution is 2.22. The number of hydrogen-bond acceptors (Lipinski definition) is 3. The predicted molar refractivity (Wildman–Crippen MR) is 97.2 cm³/mol. The number of carbonyl (C=O) groups excluding carboxylic acids is 2. The van der Waals surface area contributed by atoms with Gasteiger partial charge in [-0.25, -0.2) is 4.98 Å². The number of halogens is 1. The van der Waals surface area contributed by atoms with Crippen LogP contribution in [0.25, 0.3) is 0 Å². The van der Waals surface area contributed by atoms with Gasteiger partial charge in [-0.3, -0.25) is 9.59 Å². The molecule has 0 saturated heterocycles. The van der Waals surface area contributed by atoms with E-state index in [2.05, 4.69) is 15.6 Å². The van der Waals surface area contributed by atoms with Gasteiger partial charge in [-0.2, -0.15) is 0 Å². The van der Waals surface area contributed by atoms with Crippen molar-refractivity contribution in [2.45, 2.75) is 45.7 Å². The van der Waals surface area contributed by atoms with Gasteiger partial charge >= 0.3 is 0 Å². The molecular formula is C18H21ClN4O2. The number of benzene rings is 1. The zero-order valence-electron chi connectivity index (χ0n) is 14.3. The maximum atomic E-state index is 12.7. The number of carbonyl (C=O) groups is 2. The molecule has 132 valence electrons. The first-order valence-corrected chi connectivity index (χ1v) is 8.80. The fourth-order valence-corrected chi connectivity index (χ4v) is 3.17. The van der Waals surface area contributed by atoms with Crippen molar-refractivity contribution in [2.24, 2.45) is 0 Å². The van der Waals surface area contributed by atoms with E-state index in [0.29, 0.717) is 22.9 Å². The highest BCUT2D eigenvalue weighted by Gasteiger charge is 2.27. The van der Waals surface area contributed by atoms with E-state index in [-0.39, 0.29) is 23.7 Å². The summed E-state index contributed by atoms with van der Waals surface area (Å²) in [4.78, 5) is 29.5. The minimum Gasteiger partial charge on any atom is -0.348 e. The maximum Gasteiger partial charge on any atom is 0.291 e. The first kappa shape index (κ1) is 17.5. The van der Waals surface area contributed by atoms with Crippen LogP contribution < -0.4 is 10.6 Å². The largest absolute Gasteiger partial charge is 0.348 e. The number of anilines is 1. The third kappa shape index (κ3) is 3.85. The smallest absolute Gasteiger partial charge is 0.291 e. The van der Waals surface area contributed by atoms with Crippen LogP contribution >= 0.6 is 11.6 Å². The van der Waals surface area contributed by atoms with Crippen molar-refractivity contribution in [3.8, 4) is 0 Å². The van der Waals surface area contributed by atoms with Gasteiger partial charge in [0.05, 0.1) is 5.69 Å². The predicted octanol–water partition coefficient (Wildman–Crippen LogP) is 3.26. The third-order valence-corrected chi connectivity index (χ3v) is 4.27. The summed E-state index contributed by atoms with van der Waals surface area (Å²) in [5, 5.41) is 6.20. The minimum atomic E-state index is -0.339. The Morgan fingerprint density at radius 1 is 1.24 bits per heavy atom. The molecule has 1 aromatic heterocycles. The second-order valence-corrected chi connectivity index (χ2v) is 6.87. The molecule has 0 saturated carbocycles. The molecule has 0 aliphatic carbocycles. The lowest BCUT2D eigenvalue weighted by atomic mass is 10.1. The summed E-state index contributed by atoms with van der Waals surface area (Å²) in [5.74, 6) is -0.306. The van der Waals surface area contributed by atoms with Gasteiger partial charge in [0.25, 0.3) is 11.8 Å². The molecule has 2 amide bonds. The summed E-state index contributed by atoms with van der Waals surface area (Å²) < 4.78 is 1.86. The Bertz CT molecular complexity index is 813. The molecule has 3 rings (SSSR count). The van der Waals surface area contributed by atoms with Crippen LogP contribution in [0.15, 0.2) is 24.3 Å². The molecule has 2 heterocycles. The molecule has 25 heavy (non-hydrogen) atoms. The van der Waals surface area contributed by atoms with Gasteiger partial charge in [0.2, 0.25) is 0 Å². The number of fused-ring (bicyclic) bond motifs is 1. The van der Waals surface area contributed by atoms with E-state index in [9.17, 15) is 9.59 Å². The molecule has 1 aliphatic heterocycles. The summed E-state index contributed by atoms with van der Waals surface area (Å²) in [6.45, 7) is 4.48. The van der Waals surface area contributed by atoms with Crippen LogP contribution in [-0.4, -0.2) is 27.4 Å². The SMILES string of the molecule is CC(C)NC(=O)c1nc(C(=O)Nc2cccc(Cl)c2)n2c1CCCC2. The maximum absolute atomic E-state index is 12.7. The van der Waals surface area contributed by atoms with Crippen LogP contribution in [0.2, 0.25) is 5.02 Å². The topological polar surface area (TPSA) is 76.0 Å². The molecule has 0 unspecified atom stereocenters. The Kier molecular flexibility index (Phi) is 5.08. The Labute approximate surface area is 151 Å². The summed E-state index contributed by atoms with van der Waals surface area (Å²) in [5.41, 5.74) is 1.78. The first-order chi connectivity index (χ1) is 12.0. The molecule has 0 atom stereocenters. The van der Waals surface area contributed by atoms with E-state index in [1.165, 1.54) is 0 Å².